The first kappa shape index (κ1) is 22.5. The third-order valence-electron chi connectivity index (χ3n) is 7.10. The van der Waals surface area contributed by atoms with Crippen molar-refractivity contribution in [1.29, 1.82) is 0 Å². The van der Waals surface area contributed by atoms with Gasteiger partial charge in [-0.25, -0.2) is 0 Å². The van der Waals surface area contributed by atoms with E-state index in [2.05, 4.69) is 0 Å². The molecule has 3 fully saturated rings. The Kier molecular flexibility index (Phi) is 8.33. The van der Waals surface area contributed by atoms with Crippen molar-refractivity contribution in [3.05, 3.63) is 0 Å². The topological polar surface area (TPSA) is 102 Å². The van der Waals surface area contributed by atoms with Gasteiger partial charge >= 0.3 is 11.9 Å². The zero-order valence-corrected chi connectivity index (χ0v) is 17.5. The first-order valence-electron chi connectivity index (χ1n) is 11.3. The van der Waals surface area contributed by atoms with Crippen molar-refractivity contribution in [2.24, 2.45) is 17.8 Å². The van der Waals surface area contributed by atoms with Crippen LogP contribution in [0.1, 0.15) is 77.0 Å². The van der Waals surface area contributed by atoms with Gasteiger partial charge in [0, 0.05) is 13.0 Å². The summed E-state index contributed by atoms with van der Waals surface area (Å²) in [6, 6.07) is 0. The Labute approximate surface area is 173 Å². The summed E-state index contributed by atoms with van der Waals surface area (Å²) in [7, 11) is 1.74. The molecule has 0 aromatic rings. The Morgan fingerprint density at radius 1 is 0.759 bits per heavy atom. The lowest BCUT2D eigenvalue weighted by Crippen LogP contribution is -2.36. The van der Waals surface area contributed by atoms with Crippen molar-refractivity contribution >= 4 is 11.9 Å². The molecule has 3 aliphatic rings. The van der Waals surface area contributed by atoms with Crippen LogP contribution in [0.2, 0.25) is 0 Å². The van der Waals surface area contributed by atoms with E-state index in [4.69, 9.17) is 19.3 Å². The number of carboxylic acid groups (broad SMARTS) is 1. The first-order valence-corrected chi connectivity index (χ1v) is 11.3. The summed E-state index contributed by atoms with van der Waals surface area (Å²) in [5.41, 5.74) is 0. The highest BCUT2D eigenvalue weighted by Crippen LogP contribution is 2.34. The first-order chi connectivity index (χ1) is 14.0. The molecule has 3 aliphatic carbocycles. The normalized spacial score (nSPS) is 36.9. The molecular weight excluding hydrogens is 376 g/mol. The van der Waals surface area contributed by atoms with E-state index in [9.17, 15) is 14.7 Å². The van der Waals surface area contributed by atoms with E-state index >= 15 is 0 Å². The third-order valence-corrected chi connectivity index (χ3v) is 7.10. The zero-order chi connectivity index (χ0) is 20.8. The SMILES string of the molecule is COC1CCC(C(O)OC2CCC(C(=O)OC3CCC(C(=O)O)CC3)CC2)CC1. The minimum absolute atomic E-state index is 0.000189. The highest BCUT2D eigenvalue weighted by atomic mass is 16.6. The average Bonchev–Trinajstić information content (AvgIpc) is 2.74. The van der Waals surface area contributed by atoms with Crippen molar-refractivity contribution in [1.82, 2.24) is 0 Å². The number of aliphatic hydroxyl groups is 1. The Balaban J connectivity index is 1.33. The van der Waals surface area contributed by atoms with Crippen LogP contribution in [0.5, 0.6) is 0 Å². The highest BCUT2D eigenvalue weighted by Gasteiger charge is 2.34. The summed E-state index contributed by atoms with van der Waals surface area (Å²) < 4.78 is 17.0. The lowest BCUT2D eigenvalue weighted by atomic mass is 9.85. The van der Waals surface area contributed by atoms with Gasteiger partial charge in [-0.05, 0) is 77.0 Å². The Morgan fingerprint density at radius 2 is 1.28 bits per heavy atom. The smallest absolute Gasteiger partial charge is 0.309 e. The van der Waals surface area contributed by atoms with Crippen LogP contribution in [0.4, 0.5) is 0 Å². The van der Waals surface area contributed by atoms with E-state index in [1.54, 1.807) is 7.11 Å². The van der Waals surface area contributed by atoms with Gasteiger partial charge in [-0.2, -0.15) is 0 Å². The predicted octanol–water partition coefficient (Wildman–Crippen LogP) is 3.27. The molecule has 0 amide bonds. The number of esters is 1. The fourth-order valence-electron chi connectivity index (χ4n) is 5.04. The Hall–Kier alpha value is -1.18. The lowest BCUT2D eigenvalue weighted by Gasteiger charge is -2.35. The molecule has 2 N–H and O–H groups in total. The maximum absolute atomic E-state index is 12.5. The second-order valence-corrected chi connectivity index (χ2v) is 9.02. The molecule has 7 heteroatoms. The summed E-state index contributed by atoms with van der Waals surface area (Å²) in [6.07, 6.45) is 8.61. The predicted molar refractivity (Wildman–Crippen MR) is 105 cm³/mol. The van der Waals surface area contributed by atoms with E-state index < -0.39 is 12.3 Å². The number of carboxylic acids is 1. The van der Waals surface area contributed by atoms with Gasteiger partial charge in [0.25, 0.3) is 0 Å². The van der Waals surface area contributed by atoms with E-state index in [-0.39, 0.29) is 35.9 Å². The van der Waals surface area contributed by atoms with Crippen LogP contribution in [-0.2, 0) is 23.8 Å². The van der Waals surface area contributed by atoms with E-state index in [0.717, 1.165) is 51.4 Å². The summed E-state index contributed by atoms with van der Waals surface area (Å²) in [5.74, 6) is -1.14. The number of ether oxygens (including phenoxy) is 3. The van der Waals surface area contributed by atoms with Gasteiger partial charge < -0.3 is 24.4 Å². The molecule has 7 nitrogen and oxygen atoms in total. The molecule has 0 aromatic carbocycles. The molecule has 0 saturated heterocycles. The van der Waals surface area contributed by atoms with Gasteiger partial charge in [-0.1, -0.05) is 0 Å². The van der Waals surface area contributed by atoms with Crippen molar-refractivity contribution in [3.8, 4) is 0 Å². The van der Waals surface area contributed by atoms with Crippen LogP contribution in [0.15, 0.2) is 0 Å². The van der Waals surface area contributed by atoms with Gasteiger partial charge in [-0.15, -0.1) is 0 Å². The molecular formula is C22H36O7. The maximum atomic E-state index is 12.5. The number of rotatable bonds is 7. The molecule has 0 aliphatic heterocycles. The summed E-state index contributed by atoms with van der Waals surface area (Å²) >= 11 is 0. The highest BCUT2D eigenvalue weighted by molar-refractivity contribution is 5.73. The quantitative estimate of drug-likeness (QED) is 0.489. The molecule has 1 unspecified atom stereocenters. The fourth-order valence-corrected chi connectivity index (χ4v) is 5.04. The molecule has 0 bridgehead atoms. The number of hydrogen-bond acceptors (Lipinski definition) is 6. The van der Waals surface area contributed by atoms with E-state index in [1.807, 2.05) is 0 Å². The van der Waals surface area contributed by atoms with Crippen LogP contribution in [0.25, 0.3) is 0 Å². The second kappa shape index (κ2) is 10.7. The van der Waals surface area contributed by atoms with Crippen LogP contribution < -0.4 is 0 Å². The second-order valence-electron chi connectivity index (χ2n) is 9.02. The fraction of sp³-hybridized carbons (Fsp3) is 0.909. The number of hydrogen-bond donors (Lipinski definition) is 2. The van der Waals surface area contributed by atoms with Gasteiger partial charge in [0.15, 0.2) is 6.29 Å². The number of carbonyl (C=O) groups is 2. The number of aliphatic hydroxyl groups excluding tert-OH is 1. The molecule has 166 valence electrons. The van der Waals surface area contributed by atoms with Gasteiger partial charge in [0.2, 0.25) is 0 Å². The van der Waals surface area contributed by atoms with Crippen LogP contribution in [0, 0.1) is 17.8 Å². The van der Waals surface area contributed by atoms with Gasteiger partial charge in [0.1, 0.15) is 6.10 Å². The third kappa shape index (κ3) is 6.40. The molecule has 3 saturated carbocycles. The zero-order valence-electron chi connectivity index (χ0n) is 17.5. The van der Waals surface area contributed by atoms with Crippen molar-refractivity contribution < 1.29 is 34.0 Å². The monoisotopic (exact) mass is 412 g/mol. The van der Waals surface area contributed by atoms with Crippen LogP contribution in [0.3, 0.4) is 0 Å². The molecule has 0 radical (unpaired) electrons. The van der Waals surface area contributed by atoms with Crippen molar-refractivity contribution in [2.45, 2.75) is 102 Å². The number of carbonyl (C=O) groups excluding carboxylic acids is 1. The lowest BCUT2D eigenvalue weighted by molar-refractivity contribution is -0.185. The Morgan fingerprint density at radius 3 is 1.83 bits per heavy atom. The number of aliphatic carboxylic acids is 1. The van der Waals surface area contributed by atoms with Crippen LogP contribution >= 0.6 is 0 Å². The molecule has 3 rings (SSSR count). The summed E-state index contributed by atoms with van der Waals surface area (Å²) in [4.78, 5) is 23.5. The van der Waals surface area contributed by atoms with Crippen molar-refractivity contribution in [3.63, 3.8) is 0 Å². The van der Waals surface area contributed by atoms with Crippen molar-refractivity contribution in [2.75, 3.05) is 7.11 Å². The summed E-state index contributed by atoms with van der Waals surface area (Å²) in [5, 5.41) is 19.5. The van der Waals surface area contributed by atoms with E-state index in [1.165, 1.54) is 0 Å². The molecule has 1 atom stereocenters. The van der Waals surface area contributed by atoms with Crippen LogP contribution in [-0.4, -0.2) is 53.9 Å². The molecule has 0 spiro atoms. The maximum Gasteiger partial charge on any atom is 0.309 e. The molecule has 29 heavy (non-hydrogen) atoms. The van der Waals surface area contributed by atoms with Gasteiger partial charge in [-0.3, -0.25) is 9.59 Å². The van der Waals surface area contributed by atoms with Gasteiger partial charge in [0.05, 0.1) is 24.0 Å². The minimum Gasteiger partial charge on any atom is -0.481 e. The largest absolute Gasteiger partial charge is 0.481 e. The average molecular weight is 413 g/mol. The molecule has 0 aromatic heterocycles. The standard InChI is InChI=1S/C22H36O7/c1-27-17-8-4-15(5-9-17)21(25)29-19-12-6-16(7-13-19)22(26)28-18-10-2-14(3-11-18)20(23)24/h14-19,21,25H,2-13H2,1H3,(H,23,24). The minimum atomic E-state index is -0.748. The number of methoxy groups -OCH3 is 1. The molecule has 0 heterocycles. The Bertz CT molecular complexity index is 527. The summed E-state index contributed by atoms with van der Waals surface area (Å²) in [6.45, 7) is 0. The van der Waals surface area contributed by atoms with E-state index in [0.29, 0.717) is 31.8 Å².